The Kier molecular flexibility index (Phi) is 5.38. The number of ether oxygens (including phenoxy) is 1. The molecule has 1 amide bonds. The molecule has 0 aliphatic carbocycles. The van der Waals surface area contributed by atoms with E-state index in [1.807, 2.05) is 6.92 Å². The van der Waals surface area contributed by atoms with Crippen molar-refractivity contribution in [1.29, 1.82) is 0 Å². The van der Waals surface area contributed by atoms with E-state index in [9.17, 15) is 18.0 Å². The second-order valence-electron chi connectivity index (χ2n) is 4.28. The molecule has 0 saturated heterocycles. The molecule has 0 aromatic heterocycles. The molecule has 0 fully saturated rings. The molecule has 0 heterocycles. The van der Waals surface area contributed by atoms with Crippen LogP contribution in [0.15, 0.2) is 18.2 Å². The molecule has 112 valence electrons. The summed E-state index contributed by atoms with van der Waals surface area (Å²) >= 11 is 0. The van der Waals surface area contributed by atoms with Gasteiger partial charge >= 0.3 is 6.18 Å². The largest absolute Gasteiger partial charge is 0.416 e. The van der Waals surface area contributed by atoms with Crippen molar-refractivity contribution < 1.29 is 22.7 Å². The number of nitrogens with two attached hydrogens (primary N) is 1. The van der Waals surface area contributed by atoms with Crippen molar-refractivity contribution in [2.24, 2.45) is 0 Å². The minimum absolute atomic E-state index is 0.000405. The van der Waals surface area contributed by atoms with Crippen molar-refractivity contribution in [3.05, 3.63) is 29.3 Å². The third-order valence-electron chi connectivity index (χ3n) is 2.63. The van der Waals surface area contributed by atoms with E-state index in [-0.39, 0.29) is 23.9 Å². The zero-order valence-corrected chi connectivity index (χ0v) is 11.3. The first kappa shape index (κ1) is 16.3. The predicted octanol–water partition coefficient (Wildman–Crippen LogP) is 2.44. The number of nitrogen functional groups attached to an aromatic ring is 1. The topological polar surface area (TPSA) is 64.3 Å². The van der Waals surface area contributed by atoms with E-state index in [2.05, 4.69) is 5.32 Å². The van der Waals surface area contributed by atoms with Gasteiger partial charge in [-0.05, 0) is 32.0 Å². The summed E-state index contributed by atoms with van der Waals surface area (Å²) in [4.78, 5) is 11.8. The van der Waals surface area contributed by atoms with E-state index in [0.717, 1.165) is 18.2 Å². The van der Waals surface area contributed by atoms with E-state index in [4.69, 9.17) is 10.5 Å². The Morgan fingerprint density at radius 2 is 2.10 bits per heavy atom. The molecule has 1 atom stereocenters. The highest BCUT2D eigenvalue weighted by Crippen LogP contribution is 2.31. The SMILES string of the molecule is CCOC(C)CNC(=O)c1cc(C(F)(F)F)ccc1N. The van der Waals surface area contributed by atoms with E-state index in [0.29, 0.717) is 6.61 Å². The molecule has 0 saturated carbocycles. The van der Waals surface area contributed by atoms with Gasteiger partial charge in [-0.1, -0.05) is 0 Å². The summed E-state index contributed by atoms with van der Waals surface area (Å²) in [5, 5.41) is 2.49. The monoisotopic (exact) mass is 290 g/mol. The lowest BCUT2D eigenvalue weighted by molar-refractivity contribution is -0.137. The van der Waals surface area contributed by atoms with E-state index < -0.39 is 17.6 Å². The number of halogens is 3. The lowest BCUT2D eigenvalue weighted by atomic mass is 10.1. The van der Waals surface area contributed by atoms with E-state index >= 15 is 0 Å². The number of hydrogen-bond donors (Lipinski definition) is 2. The molecule has 20 heavy (non-hydrogen) atoms. The molecule has 0 spiro atoms. The van der Waals surface area contributed by atoms with Crippen molar-refractivity contribution >= 4 is 11.6 Å². The van der Waals surface area contributed by atoms with Crippen LogP contribution >= 0.6 is 0 Å². The third-order valence-corrected chi connectivity index (χ3v) is 2.63. The summed E-state index contributed by atoms with van der Waals surface area (Å²) in [7, 11) is 0. The number of anilines is 1. The Hall–Kier alpha value is -1.76. The van der Waals surface area contributed by atoms with Gasteiger partial charge in [0.25, 0.3) is 5.91 Å². The van der Waals surface area contributed by atoms with Gasteiger partial charge in [0.15, 0.2) is 0 Å². The second-order valence-corrected chi connectivity index (χ2v) is 4.28. The van der Waals surface area contributed by atoms with Crippen molar-refractivity contribution in [3.63, 3.8) is 0 Å². The molecule has 7 heteroatoms. The molecule has 3 N–H and O–H groups in total. The molecular weight excluding hydrogens is 273 g/mol. The average molecular weight is 290 g/mol. The maximum absolute atomic E-state index is 12.6. The number of nitrogens with one attached hydrogen (secondary N) is 1. The molecule has 0 bridgehead atoms. The highest BCUT2D eigenvalue weighted by atomic mass is 19.4. The molecule has 4 nitrogen and oxygen atoms in total. The number of carbonyl (C=O) groups excluding carboxylic acids is 1. The normalized spacial score (nSPS) is 13.1. The van der Waals surface area contributed by atoms with Crippen LogP contribution in [0, 0.1) is 0 Å². The van der Waals surface area contributed by atoms with Crippen LogP contribution in [-0.4, -0.2) is 25.2 Å². The smallest absolute Gasteiger partial charge is 0.398 e. The summed E-state index contributed by atoms with van der Waals surface area (Å²) in [6, 6.07) is 2.66. The van der Waals surface area contributed by atoms with E-state index in [1.54, 1.807) is 6.92 Å². The van der Waals surface area contributed by atoms with Crippen molar-refractivity contribution in [2.45, 2.75) is 26.1 Å². The summed E-state index contributed by atoms with van der Waals surface area (Å²) in [5.74, 6) is -0.653. The van der Waals surface area contributed by atoms with Gasteiger partial charge in [0.05, 0.1) is 17.2 Å². The summed E-state index contributed by atoms with van der Waals surface area (Å²) in [6.07, 6.45) is -4.74. The molecule has 0 aliphatic heterocycles. The van der Waals surface area contributed by atoms with Crippen molar-refractivity contribution in [2.75, 3.05) is 18.9 Å². The van der Waals surface area contributed by atoms with Crippen molar-refractivity contribution in [1.82, 2.24) is 5.32 Å². The van der Waals surface area contributed by atoms with Crippen LogP contribution < -0.4 is 11.1 Å². The summed E-state index contributed by atoms with van der Waals surface area (Å²) < 4.78 is 43.0. The van der Waals surface area contributed by atoms with Crippen LogP contribution in [-0.2, 0) is 10.9 Å². The zero-order chi connectivity index (χ0) is 15.3. The molecule has 0 radical (unpaired) electrons. The fourth-order valence-corrected chi connectivity index (χ4v) is 1.60. The zero-order valence-electron chi connectivity index (χ0n) is 11.3. The predicted molar refractivity (Wildman–Crippen MR) is 69.3 cm³/mol. The molecular formula is C13H17F3N2O2. The van der Waals surface area contributed by atoms with Gasteiger partial charge in [0, 0.05) is 18.8 Å². The number of amides is 1. The van der Waals surface area contributed by atoms with Crippen LogP contribution in [0.1, 0.15) is 29.8 Å². The summed E-state index contributed by atoms with van der Waals surface area (Å²) in [6.45, 7) is 4.24. The number of alkyl halides is 3. The Bertz CT molecular complexity index is 475. The maximum Gasteiger partial charge on any atom is 0.416 e. The van der Waals surface area contributed by atoms with Gasteiger partial charge in [-0.3, -0.25) is 4.79 Å². The Morgan fingerprint density at radius 1 is 1.45 bits per heavy atom. The van der Waals surface area contributed by atoms with Crippen LogP contribution in [0.4, 0.5) is 18.9 Å². The molecule has 1 unspecified atom stereocenters. The highest BCUT2D eigenvalue weighted by Gasteiger charge is 2.31. The fourth-order valence-electron chi connectivity index (χ4n) is 1.60. The number of rotatable bonds is 5. The lowest BCUT2D eigenvalue weighted by Crippen LogP contribution is -2.32. The van der Waals surface area contributed by atoms with Crippen molar-refractivity contribution in [3.8, 4) is 0 Å². The average Bonchev–Trinajstić information content (AvgIpc) is 2.35. The number of hydrogen-bond acceptors (Lipinski definition) is 3. The van der Waals surface area contributed by atoms with E-state index in [1.165, 1.54) is 0 Å². The fraction of sp³-hybridized carbons (Fsp3) is 0.462. The van der Waals surface area contributed by atoms with Gasteiger partial charge in [-0.25, -0.2) is 0 Å². The van der Waals surface area contributed by atoms with Gasteiger partial charge in [-0.2, -0.15) is 13.2 Å². The van der Waals surface area contributed by atoms with Crippen LogP contribution in [0.2, 0.25) is 0 Å². The highest BCUT2D eigenvalue weighted by molar-refractivity contribution is 5.99. The first-order valence-electron chi connectivity index (χ1n) is 6.12. The Morgan fingerprint density at radius 3 is 2.65 bits per heavy atom. The van der Waals surface area contributed by atoms with Gasteiger partial charge < -0.3 is 15.8 Å². The molecule has 1 aromatic rings. The number of benzene rings is 1. The minimum Gasteiger partial charge on any atom is -0.398 e. The van der Waals surface area contributed by atoms with Crippen LogP contribution in [0.3, 0.4) is 0 Å². The molecule has 0 aliphatic rings. The third kappa shape index (κ3) is 4.41. The molecule has 1 aromatic carbocycles. The Labute approximate surface area is 115 Å². The van der Waals surface area contributed by atoms with Gasteiger partial charge in [0.1, 0.15) is 0 Å². The first-order chi connectivity index (χ1) is 9.25. The second kappa shape index (κ2) is 6.60. The van der Waals surface area contributed by atoms with Crippen LogP contribution in [0.25, 0.3) is 0 Å². The Balaban J connectivity index is 2.82. The van der Waals surface area contributed by atoms with Crippen LogP contribution in [0.5, 0.6) is 0 Å². The number of carbonyl (C=O) groups is 1. The summed E-state index contributed by atoms with van der Waals surface area (Å²) in [5.41, 5.74) is 4.44. The van der Waals surface area contributed by atoms with Gasteiger partial charge in [-0.15, -0.1) is 0 Å². The quantitative estimate of drug-likeness (QED) is 0.819. The standard InChI is InChI=1S/C13H17F3N2O2/c1-3-20-8(2)7-18-12(19)10-6-9(13(14,15)16)4-5-11(10)17/h4-6,8H,3,7,17H2,1-2H3,(H,18,19). The lowest BCUT2D eigenvalue weighted by Gasteiger charge is -2.14. The maximum atomic E-state index is 12.6. The van der Waals surface area contributed by atoms with Gasteiger partial charge in [0.2, 0.25) is 0 Å². The first-order valence-corrected chi connectivity index (χ1v) is 6.12. The minimum atomic E-state index is -4.51. The molecule has 1 rings (SSSR count).